The van der Waals surface area contributed by atoms with Gasteiger partial charge in [0.15, 0.2) is 5.79 Å². The van der Waals surface area contributed by atoms with Gasteiger partial charge in [-0.2, -0.15) is 0 Å². The van der Waals surface area contributed by atoms with Gasteiger partial charge in [0.25, 0.3) is 0 Å². The molecule has 2 unspecified atom stereocenters. The standard InChI is InChI=1S/C16H24O2/c1-13-15(2,3)12-17-16(4,18-13)11-10-14-8-6-5-7-9-14/h5-9,13H,10-12H2,1-4H3. The molecule has 0 spiro atoms. The minimum absolute atomic E-state index is 0.103. The van der Waals surface area contributed by atoms with Crippen LogP contribution in [0.1, 0.15) is 39.7 Å². The Balaban J connectivity index is 1.93. The average Bonchev–Trinajstić information content (AvgIpc) is 2.34. The van der Waals surface area contributed by atoms with Crippen molar-refractivity contribution in [2.75, 3.05) is 6.61 Å². The molecule has 1 aromatic rings. The number of hydrogen-bond donors (Lipinski definition) is 0. The van der Waals surface area contributed by atoms with Crippen molar-refractivity contribution in [3.63, 3.8) is 0 Å². The van der Waals surface area contributed by atoms with E-state index in [1.165, 1.54) is 5.56 Å². The smallest absolute Gasteiger partial charge is 0.166 e. The van der Waals surface area contributed by atoms with E-state index in [0.29, 0.717) is 0 Å². The second-order valence-electron chi connectivity index (χ2n) is 6.16. The molecule has 1 saturated heterocycles. The first-order chi connectivity index (χ1) is 8.41. The Bertz CT molecular complexity index is 385. The van der Waals surface area contributed by atoms with Crippen molar-refractivity contribution in [3.8, 4) is 0 Å². The lowest BCUT2D eigenvalue weighted by atomic mass is 9.86. The molecule has 2 rings (SSSR count). The predicted octanol–water partition coefficient (Wildman–Crippen LogP) is 3.80. The molecule has 1 fully saturated rings. The Kier molecular flexibility index (Phi) is 3.79. The lowest BCUT2D eigenvalue weighted by Crippen LogP contribution is -2.50. The zero-order chi connectivity index (χ0) is 13.2. The molecule has 1 aromatic carbocycles. The van der Waals surface area contributed by atoms with E-state index in [2.05, 4.69) is 52.0 Å². The van der Waals surface area contributed by atoms with Gasteiger partial charge in [0.1, 0.15) is 0 Å². The number of benzene rings is 1. The summed E-state index contributed by atoms with van der Waals surface area (Å²) in [7, 11) is 0. The molecular weight excluding hydrogens is 224 g/mol. The van der Waals surface area contributed by atoms with E-state index < -0.39 is 5.79 Å². The maximum Gasteiger partial charge on any atom is 0.166 e. The van der Waals surface area contributed by atoms with Gasteiger partial charge in [0.05, 0.1) is 12.7 Å². The Labute approximate surface area is 110 Å². The predicted molar refractivity (Wildman–Crippen MR) is 73.4 cm³/mol. The van der Waals surface area contributed by atoms with Crippen molar-refractivity contribution >= 4 is 0 Å². The van der Waals surface area contributed by atoms with Crippen LogP contribution >= 0.6 is 0 Å². The molecule has 1 heterocycles. The molecule has 0 saturated carbocycles. The van der Waals surface area contributed by atoms with Crippen LogP contribution < -0.4 is 0 Å². The fourth-order valence-electron chi connectivity index (χ4n) is 2.17. The van der Waals surface area contributed by atoms with Crippen molar-refractivity contribution in [3.05, 3.63) is 35.9 Å². The molecule has 0 aromatic heterocycles. The van der Waals surface area contributed by atoms with Crippen LogP contribution in [-0.4, -0.2) is 18.5 Å². The summed E-state index contributed by atoms with van der Waals surface area (Å²) in [6.45, 7) is 9.34. The van der Waals surface area contributed by atoms with E-state index in [-0.39, 0.29) is 11.5 Å². The third kappa shape index (κ3) is 3.12. The van der Waals surface area contributed by atoms with Crippen molar-refractivity contribution in [2.24, 2.45) is 5.41 Å². The second-order valence-corrected chi connectivity index (χ2v) is 6.16. The van der Waals surface area contributed by atoms with Gasteiger partial charge in [0, 0.05) is 11.8 Å². The first-order valence-electron chi connectivity index (χ1n) is 6.77. The van der Waals surface area contributed by atoms with E-state index in [9.17, 15) is 0 Å². The van der Waals surface area contributed by atoms with E-state index in [0.717, 1.165) is 19.4 Å². The average molecular weight is 248 g/mol. The zero-order valence-electron chi connectivity index (χ0n) is 11.9. The van der Waals surface area contributed by atoms with Gasteiger partial charge in [-0.05, 0) is 25.8 Å². The van der Waals surface area contributed by atoms with E-state index >= 15 is 0 Å². The summed E-state index contributed by atoms with van der Waals surface area (Å²) in [4.78, 5) is 0. The van der Waals surface area contributed by atoms with Crippen LogP contribution in [0.5, 0.6) is 0 Å². The molecule has 100 valence electrons. The summed E-state index contributed by atoms with van der Waals surface area (Å²) in [5.74, 6) is -0.440. The Morgan fingerprint density at radius 3 is 2.44 bits per heavy atom. The van der Waals surface area contributed by atoms with Gasteiger partial charge in [-0.1, -0.05) is 44.2 Å². The summed E-state index contributed by atoms with van der Waals surface area (Å²) in [6.07, 6.45) is 2.12. The fourth-order valence-corrected chi connectivity index (χ4v) is 2.17. The van der Waals surface area contributed by atoms with Crippen LogP contribution in [0.15, 0.2) is 30.3 Å². The van der Waals surface area contributed by atoms with Gasteiger partial charge in [-0.25, -0.2) is 0 Å². The number of rotatable bonds is 3. The minimum atomic E-state index is -0.440. The summed E-state index contributed by atoms with van der Waals surface area (Å²) < 4.78 is 12.0. The van der Waals surface area contributed by atoms with Crippen molar-refractivity contribution in [1.29, 1.82) is 0 Å². The molecule has 0 aliphatic carbocycles. The highest BCUT2D eigenvalue weighted by molar-refractivity contribution is 5.14. The first kappa shape index (κ1) is 13.6. The molecule has 18 heavy (non-hydrogen) atoms. The number of aryl methyl sites for hydroxylation is 1. The fraction of sp³-hybridized carbons (Fsp3) is 0.625. The van der Waals surface area contributed by atoms with Crippen LogP contribution in [0.4, 0.5) is 0 Å². The highest BCUT2D eigenvalue weighted by atomic mass is 16.7. The third-order valence-corrected chi connectivity index (χ3v) is 3.99. The van der Waals surface area contributed by atoms with Crippen molar-refractivity contribution in [2.45, 2.75) is 52.4 Å². The van der Waals surface area contributed by atoms with E-state index in [1.54, 1.807) is 0 Å². The van der Waals surface area contributed by atoms with Gasteiger partial charge in [0.2, 0.25) is 0 Å². The van der Waals surface area contributed by atoms with Crippen LogP contribution in [0.25, 0.3) is 0 Å². The second kappa shape index (κ2) is 5.02. The minimum Gasteiger partial charge on any atom is -0.350 e. The number of ether oxygens (including phenoxy) is 2. The molecule has 2 heteroatoms. The highest BCUT2D eigenvalue weighted by Gasteiger charge is 2.41. The molecular formula is C16H24O2. The topological polar surface area (TPSA) is 18.5 Å². The Morgan fingerprint density at radius 2 is 1.83 bits per heavy atom. The lowest BCUT2D eigenvalue weighted by molar-refractivity contribution is -0.318. The maximum atomic E-state index is 6.09. The molecule has 2 nitrogen and oxygen atoms in total. The summed E-state index contributed by atoms with van der Waals surface area (Å²) in [6, 6.07) is 10.5. The normalized spacial score (nSPS) is 31.2. The third-order valence-electron chi connectivity index (χ3n) is 3.99. The van der Waals surface area contributed by atoms with Gasteiger partial charge in [-0.3, -0.25) is 0 Å². The number of hydrogen-bond acceptors (Lipinski definition) is 2. The molecule has 0 bridgehead atoms. The van der Waals surface area contributed by atoms with E-state index in [4.69, 9.17) is 9.47 Å². The van der Waals surface area contributed by atoms with Crippen LogP contribution in [0, 0.1) is 5.41 Å². The lowest BCUT2D eigenvalue weighted by Gasteiger charge is -2.46. The zero-order valence-corrected chi connectivity index (χ0v) is 11.9. The van der Waals surface area contributed by atoms with Crippen LogP contribution in [0.3, 0.4) is 0 Å². The summed E-state index contributed by atoms with van der Waals surface area (Å²) >= 11 is 0. The van der Waals surface area contributed by atoms with Crippen LogP contribution in [0.2, 0.25) is 0 Å². The van der Waals surface area contributed by atoms with Gasteiger partial charge in [-0.15, -0.1) is 0 Å². The van der Waals surface area contributed by atoms with Crippen molar-refractivity contribution < 1.29 is 9.47 Å². The largest absolute Gasteiger partial charge is 0.350 e. The quantitative estimate of drug-likeness (QED) is 0.810. The summed E-state index contributed by atoms with van der Waals surface area (Å²) in [5, 5.41) is 0. The Morgan fingerprint density at radius 1 is 1.17 bits per heavy atom. The molecule has 1 aliphatic rings. The Hall–Kier alpha value is -0.860. The molecule has 0 amide bonds. The van der Waals surface area contributed by atoms with Crippen molar-refractivity contribution in [1.82, 2.24) is 0 Å². The maximum absolute atomic E-state index is 6.09. The summed E-state index contributed by atoms with van der Waals surface area (Å²) in [5.41, 5.74) is 1.44. The molecule has 0 radical (unpaired) electrons. The van der Waals surface area contributed by atoms with Gasteiger partial charge >= 0.3 is 0 Å². The SMILES string of the molecule is CC1OC(C)(CCc2ccccc2)OCC1(C)C. The molecule has 2 atom stereocenters. The van der Waals surface area contributed by atoms with Gasteiger partial charge < -0.3 is 9.47 Å². The highest BCUT2D eigenvalue weighted by Crippen LogP contribution is 2.36. The monoisotopic (exact) mass is 248 g/mol. The molecule has 0 N–H and O–H groups in total. The first-order valence-corrected chi connectivity index (χ1v) is 6.77. The van der Waals surface area contributed by atoms with E-state index in [1.807, 2.05) is 6.07 Å². The molecule has 1 aliphatic heterocycles. The van der Waals surface area contributed by atoms with Crippen LogP contribution in [-0.2, 0) is 15.9 Å².